The van der Waals surface area contributed by atoms with Crippen molar-refractivity contribution in [3.05, 3.63) is 0 Å². The second-order valence-electron chi connectivity index (χ2n) is 18.0. The summed E-state index contributed by atoms with van der Waals surface area (Å²) in [7, 11) is 0. The minimum Gasteiger partial charge on any atom is -0.481 e. The number of carboxylic acid groups (broad SMARTS) is 6. The van der Waals surface area contributed by atoms with E-state index in [-0.39, 0.29) is 34.7 Å². The second-order valence-corrected chi connectivity index (χ2v) is 18.0. The molecule has 0 fully saturated rings. The summed E-state index contributed by atoms with van der Waals surface area (Å²) in [5, 5.41) is 78.9. The van der Waals surface area contributed by atoms with Gasteiger partial charge in [-0.1, -0.05) is 125 Å². The van der Waals surface area contributed by atoms with Gasteiger partial charge < -0.3 is 30.6 Å². The van der Waals surface area contributed by atoms with E-state index in [0.717, 1.165) is 0 Å². The normalized spacial score (nSPS) is 13.0. The molecule has 0 heterocycles. The molecule has 0 spiro atoms. The fourth-order valence-electron chi connectivity index (χ4n) is 3.03. The molecule has 19 heteroatoms. The highest BCUT2D eigenvalue weighted by Crippen LogP contribution is 2.21. The molecule has 0 saturated carbocycles. The Labute approximate surface area is 323 Å². The van der Waals surface area contributed by atoms with Gasteiger partial charge in [0.05, 0.1) is 6.42 Å². The molecule has 0 aromatic heterocycles. The minimum absolute atomic E-state index is 0.0775. The van der Waals surface area contributed by atoms with Gasteiger partial charge in [0.15, 0.2) is 22.8 Å². The van der Waals surface area contributed by atoms with Crippen LogP contribution in [0, 0.1) is 43.3 Å². The van der Waals surface area contributed by atoms with Crippen molar-refractivity contribution < 1.29 is 64.2 Å². The zero-order valence-corrected chi connectivity index (χ0v) is 35.4. The van der Waals surface area contributed by atoms with Crippen molar-refractivity contribution >= 4 is 64.4 Å². The number of hydrogen-bond acceptors (Lipinski definition) is 13. The molecule has 0 atom stereocenters. The molecule has 0 rings (SSSR count). The van der Waals surface area contributed by atoms with E-state index in [1.807, 2.05) is 20.8 Å². The summed E-state index contributed by atoms with van der Waals surface area (Å²) in [5.41, 5.74) is -4.38. The third-order valence-corrected chi connectivity index (χ3v) is 5.71. The zero-order chi connectivity index (χ0) is 45.9. The number of carboxylic acids is 6. The first-order valence-corrected chi connectivity index (χ1v) is 16.5. The number of hydrogen-bond donors (Lipinski definition) is 6. The van der Waals surface area contributed by atoms with Gasteiger partial charge in [-0.25, -0.2) is 24.0 Å². The Bertz CT molecular complexity index is 1350. The molecular weight excluding hydrogens is 724 g/mol. The number of Topliss-reactive ketones (excluding diaryl/α,β-unsaturated/α-hetero) is 1. The maximum absolute atomic E-state index is 11.0. The van der Waals surface area contributed by atoms with Crippen LogP contribution in [0.15, 0.2) is 20.4 Å². The Kier molecular flexibility index (Phi) is 25.0. The first kappa shape index (κ1) is 58.9. The van der Waals surface area contributed by atoms with Crippen LogP contribution in [0.5, 0.6) is 0 Å². The molecule has 0 aliphatic heterocycles. The summed E-state index contributed by atoms with van der Waals surface area (Å²) < 4.78 is 0. The summed E-state index contributed by atoms with van der Waals surface area (Å²) in [5.74, 6) is -7.65. The van der Waals surface area contributed by atoms with Crippen molar-refractivity contribution in [3.63, 3.8) is 0 Å². The highest BCUT2D eigenvalue weighted by atomic mass is 16.4. The van der Waals surface area contributed by atoms with Gasteiger partial charge in [0.1, 0.15) is 0 Å². The van der Waals surface area contributed by atoms with E-state index in [1.165, 1.54) is 0 Å². The number of carbonyl (C=O) groups excluding carboxylic acids is 1. The SMILES string of the molecule is CC(C)(C)C(=NN=C(C(=O)O)C(C)(C)C)C(=O)O.CC(C)(C)C(=NN=C(C(=O)O)C(C)(C)C)C(=O)O.CC(C)(C)C(=O)C(=O)O.CC(C)(C)CC(=O)O.N#N. The van der Waals surface area contributed by atoms with E-state index >= 15 is 0 Å². The number of nitrogens with zero attached hydrogens (tertiary/aromatic N) is 6. The van der Waals surface area contributed by atoms with E-state index in [4.69, 9.17) is 41.4 Å². The van der Waals surface area contributed by atoms with Gasteiger partial charge in [-0.3, -0.25) is 9.59 Å². The lowest BCUT2D eigenvalue weighted by molar-refractivity contribution is -0.152. The molecule has 0 radical (unpaired) electrons. The van der Waals surface area contributed by atoms with Crippen molar-refractivity contribution in [1.29, 1.82) is 10.8 Å². The van der Waals surface area contributed by atoms with Crippen molar-refractivity contribution in [2.45, 2.75) is 131 Å². The third-order valence-electron chi connectivity index (χ3n) is 5.71. The minimum atomic E-state index is -1.36. The average Bonchev–Trinajstić information content (AvgIpc) is 2.89. The Morgan fingerprint density at radius 3 is 0.582 bits per heavy atom. The molecule has 0 saturated heterocycles. The maximum atomic E-state index is 11.0. The molecule has 55 heavy (non-hydrogen) atoms. The Morgan fingerprint density at radius 1 is 0.364 bits per heavy atom. The van der Waals surface area contributed by atoms with Gasteiger partial charge in [0.2, 0.25) is 5.78 Å². The Balaban J connectivity index is -0.000000210. The van der Waals surface area contributed by atoms with E-state index in [2.05, 4.69) is 20.4 Å². The van der Waals surface area contributed by atoms with Gasteiger partial charge in [0.25, 0.3) is 0 Å². The average molecular weight is 787 g/mol. The van der Waals surface area contributed by atoms with E-state index in [1.54, 1.807) is 104 Å². The monoisotopic (exact) mass is 786 g/mol. The smallest absolute Gasteiger partial charge is 0.372 e. The predicted octanol–water partition coefficient (Wildman–Crippen LogP) is 6.31. The van der Waals surface area contributed by atoms with Gasteiger partial charge in [-0.2, -0.15) is 0 Å². The van der Waals surface area contributed by atoms with Crippen molar-refractivity contribution in [1.82, 2.24) is 0 Å². The molecule has 0 aliphatic rings. The lowest BCUT2D eigenvalue weighted by Crippen LogP contribution is -2.31. The van der Waals surface area contributed by atoms with Crippen molar-refractivity contribution in [3.8, 4) is 0 Å². The standard InChI is InChI=1S/2C12H20N2O4.C6H10O3.C6H12O2.N2/c2*1-11(2,3)7(9(15)16)13-14-8(10(17)18)12(4,5)6;1-6(2,3)4(7)5(8)9;1-6(2,3)4-5(7)8;1-2/h2*1-6H3,(H,15,16)(H,17,18);1-3H3,(H,8,9);4H2,1-3H3,(H,7,8);. The van der Waals surface area contributed by atoms with Crippen LogP contribution >= 0.6 is 0 Å². The van der Waals surface area contributed by atoms with Crippen molar-refractivity contribution in [2.24, 2.45) is 52.9 Å². The largest absolute Gasteiger partial charge is 0.481 e. The van der Waals surface area contributed by atoms with Gasteiger partial charge in [0, 0.05) is 37.9 Å². The molecule has 19 nitrogen and oxygen atoms in total. The van der Waals surface area contributed by atoms with E-state index < -0.39 is 68.7 Å². The predicted molar refractivity (Wildman–Crippen MR) is 205 cm³/mol. The van der Waals surface area contributed by atoms with Crippen LogP contribution in [0.25, 0.3) is 0 Å². The Morgan fingerprint density at radius 2 is 0.545 bits per heavy atom. The topological polar surface area (TPSA) is 338 Å². The summed E-state index contributed by atoms with van der Waals surface area (Å²) in [6, 6.07) is 0. The van der Waals surface area contributed by atoms with Crippen LogP contribution in [-0.2, 0) is 33.6 Å². The number of aliphatic carboxylic acids is 6. The molecule has 0 aliphatic carbocycles. The van der Waals surface area contributed by atoms with Crippen molar-refractivity contribution in [2.75, 3.05) is 0 Å². The van der Waals surface area contributed by atoms with Crippen LogP contribution in [0.4, 0.5) is 0 Å². The molecule has 6 N–H and O–H groups in total. The molecule has 0 amide bonds. The first-order valence-electron chi connectivity index (χ1n) is 16.5. The van der Waals surface area contributed by atoms with Crippen LogP contribution < -0.4 is 0 Å². The number of rotatable bonds is 8. The second kappa shape index (κ2) is 23.4. The lowest BCUT2D eigenvalue weighted by Gasteiger charge is -2.18. The van der Waals surface area contributed by atoms with Crippen LogP contribution in [0.2, 0.25) is 0 Å². The highest BCUT2D eigenvalue weighted by molar-refractivity contribution is 6.40. The van der Waals surface area contributed by atoms with Gasteiger partial charge in [-0.15, -0.1) is 20.4 Å². The van der Waals surface area contributed by atoms with Crippen LogP contribution in [0.1, 0.15) is 131 Å². The summed E-state index contributed by atoms with van der Waals surface area (Å²) in [6.45, 7) is 30.5. The van der Waals surface area contributed by atoms with E-state index in [9.17, 15) is 33.6 Å². The molecule has 0 bridgehead atoms. The first-order chi connectivity index (χ1) is 24.0. The van der Waals surface area contributed by atoms with Gasteiger partial charge >= 0.3 is 35.8 Å². The third kappa shape index (κ3) is 29.7. The molecule has 0 aromatic carbocycles. The number of ketones is 1. The quantitative estimate of drug-likeness (QED) is 0.0679. The fraction of sp³-hybridized carbons (Fsp3) is 0.694. The van der Waals surface area contributed by atoms with E-state index in [0.29, 0.717) is 0 Å². The maximum Gasteiger partial charge on any atom is 0.372 e. The Hall–Kier alpha value is -5.41. The summed E-state index contributed by atoms with van der Waals surface area (Å²) in [6.07, 6.45) is 0.243. The zero-order valence-electron chi connectivity index (χ0n) is 35.4. The summed E-state index contributed by atoms with van der Waals surface area (Å²) in [4.78, 5) is 74.7. The van der Waals surface area contributed by atoms with Gasteiger partial charge in [-0.05, 0) is 5.41 Å². The molecule has 0 aromatic rings. The molecule has 0 unspecified atom stereocenters. The highest BCUT2D eigenvalue weighted by Gasteiger charge is 2.31. The lowest BCUT2D eigenvalue weighted by atomic mass is 9.89. The fourth-order valence-corrected chi connectivity index (χ4v) is 3.03. The van der Waals surface area contributed by atoms with Crippen LogP contribution in [0.3, 0.4) is 0 Å². The summed E-state index contributed by atoms with van der Waals surface area (Å²) >= 11 is 0. The van der Waals surface area contributed by atoms with Crippen LogP contribution in [-0.4, -0.2) is 95.1 Å². The number of carbonyl (C=O) groups is 7. The molecule has 314 valence electrons. The molecular formula is C36H62N6O13.